The number of nitro groups is 1. The predicted octanol–water partition coefficient (Wildman–Crippen LogP) is 1.86. The molecule has 1 rings (SSSR count). The largest absolute Gasteiger partial charge is 0.490 e. The van der Waals surface area contributed by atoms with Crippen LogP contribution in [-0.4, -0.2) is 36.8 Å². The van der Waals surface area contributed by atoms with Crippen molar-refractivity contribution in [3.63, 3.8) is 0 Å². The molecule has 1 aromatic rings. The highest BCUT2D eigenvalue weighted by Crippen LogP contribution is 2.30. The number of methoxy groups -OCH3 is 1. The van der Waals surface area contributed by atoms with Gasteiger partial charge in [0.1, 0.15) is 0 Å². The third-order valence-electron chi connectivity index (χ3n) is 2.18. The van der Waals surface area contributed by atoms with Crippen LogP contribution in [0.25, 0.3) is 0 Å². The molecule has 0 aliphatic rings. The second-order valence-corrected chi connectivity index (χ2v) is 3.76. The maximum atomic E-state index is 11.9. The van der Waals surface area contributed by atoms with Gasteiger partial charge in [0.25, 0.3) is 0 Å². The van der Waals surface area contributed by atoms with Crippen molar-refractivity contribution in [1.82, 2.24) is 4.90 Å². The van der Waals surface area contributed by atoms with E-state index in [0.29, 0.717) is 0 Å². The van der Waals surface area contributed by atoms with Gasteiger partial charge >= 0.3 is 5.69 Å². The van der Waals surface area contributed by atoms with E-state index in [1.54, 1.807) is 25.2 Å². The van der Waals surface area contributed by atoms with Crippen LogP contribution < -0.4 is 4.74 Å². The summed E-state index contributed by atoms with van der Waals surface area (Å²) in [6.07, 6.45) is 2.90. The lowest BCUT2D eigenvalue weighted by Crippen LogP contribution is -2.05. The Hall–Kier alpha value is -2.37. The van der Waals surface area contributed by atoms with Crippen molar-refractivity contribution in [2.45, 2.75) is 0 Å². The molecule has 0 saturated heterocycles. The van der Waals surface area contributed by atoms with Crippen molar-refractivity contribution < 1.29 is 14.5 Å². The minimum atomic E-state index is -0.578. The molecule has 96 valence electrons. The van der Waals surface area contributed by atoms with E-state index in [9.17, 15) is 14.9 Å². The quantitative estimate of drug-likeness (QED) is 0.345. The molecule has 6 heteroatoms. The number of carbonyl (C=O) groups excluding carboxylic acids is 1. The van der Waals surface area contributed by atoms with Gasteiger partial charge in [-0.2, -0.15) is 0 Å². The fourth-order valence-corrected chi connectivity index (χ4v) is 1.38. The molecule has 0 unspecified atom stereocenters. The average Bonchev–Trinajstić information content (AvgIpc) is 2.34. The van der Waals surface area contributed by atoms with Gasteiger partial charge in [0.15, 0.2) is 5.78 Å². The van der Waals surface area contributed by atoms with Gasteiger partial charge in [-0.25, -0.2) is 0 Å². The van der Waals surface area contributed by atoms with E-state index in [0.717, 1.165) is 0 Å². The summed E-state index contributed by atoms with van der Waals surface area (Å²) in [5.41, 5.74) is -0.0496. The number of benzene rings is 1. The van der Waals surface area contributed by atoms with Crippen LogP contribution >= 0.6 is 0 Å². The Kier molecular flexibility index (Phi) is 4.42. The smallest absolute Gasteiger partial charge is 0.311 e. The first-order valence-electron chi connectivity index (χ1n) is 5.17. The summed E-state index contributed by atoms with van der Waals surface area (Å²) < 4.78 is 4.96. The predicted molar refractivity (Wildman–Crippen MR) is 66.8 cm³/mol. The van der Waals surface area contributed by atoms with Gasteiger partial charge in [-0.3, -0.25) is 14.9 Å². The number of allylic oxidation sites excluding steroid dienone is 1. The van der Waals surface area contributed by atoms with Crippen molar-refractivity contribution in [3.05, 3.63) is 46.2 Å². The van der Waals surface area contributed by atoms with Crippen LogP contribution in [0, 0.1) is 10.1 Å². The van der Waals surface area contributed by atoms with E-state index >= 15 is 0 Å². The topological polar surface area (TPSA) is 72.7 Å². The zero-order valence-electron chi connectivity index (χ0n) is 10.4. The molecule has 0 fully saturated rings. The molecule has 0 saturated carbocycles. The van der Waals surface area contributed by atoms with Crippen LogP contribution in [0.15, 0.2) is 30.5 Å². The van der Waals surface area contributed by atoms with E-state index in [1.165, 1.54) is 31.4 Å². The number of nitro benzene ring substituents is 1. The third kappa shape index (κ3) is 3.07. The number of para-hydroxylation sites is 1. The molecular formula is C12H14N2O4. The molecule has 0 bridgehead atoms. The number of nitrogens with zero attached hydrogens (tertiary/aromatic N) is 2. The van der Waals surface area contributed by atoms with E-state index < -0.39 is 4.92 Å². The van der Waals surface area contributed by atoms with Crippen LogP contribution in [0.3, 0.4) is 0 Å². The number of ketones is 1. The van der Waals surface area contributed by atoms with Crippen LogP contribution in [0.4, 0.5) is 5.69 Å². The minimum Gasteiger partial charge on any atom is -0.490 e. The van der Waals surface area contributed by atoms with Crippen molar-refractivity contribution in [2.75, 3.05) is 21.2 Å². The molecule has 0 spiro atoms. The van der Waals surface area contributed by atoms with Crippen LogP contribution in [-0.2, 0) is 0 Å². The standard InChI is InChI=1S/C12H14N2O4/c1-13(2)8-7-11(15)9-5-4-6-10(14(16)17)12(9)18-3/h4-8H,1-3H3/b8-7-. The highest BCUT2D eigenvalue weighted by molar-refractivity contribution is 6.07. The van der Waals surface area contributed by atoms with Gasteiger partial charge in [-0.05, 0) is 6.07 Å². The Morgan fingerprint density at radius 2 is 2.11 bits per heavy atom. The summed E-state index contributed by atoms with van der Waals surface area (Å²) in [5.74, 6) is -0.361. The molecule has 0 aliphatic carbocycles. The van der Waals surface area contributed by atoms with Gasteiger partial charge in [0, 0.05) is 32.4 Å². The van der Waals surface area contributed by atoms with Gasteiger partial charge in [-0.1, -0.05) is 6.07 Å². The summed E-state index contributed by atoms with van der Waals surface area (Å²) in [5, 5.41) is 10.8. The molecule has 0 aromatic heterocycles. The van der Waals surface area contributed by atoms with Gasteiger partial charge in [0.2, 0.25) is 5.75 Å². The Bertz CT molecular complexity index is 495. The van der Waals surface area contributed by atoms with E-state index in [4.69, 9.17) is 4.74 Å². The van der Waals surface area contributed by atoms with E-state index in [2.05, 4.69) is 0 Å². The zero-order chi connectivity index (χ0) is 13.7. The molecule has 0 radical (unpaired) electrons. The van der Waals surface area contributed by atoms with Gasteiger partial charge in [0.05, 0.1) is 17.6 Å². The molecular weight excluding hydrogens is 236 g/mol. The summed E-state index contributed by atoms with van der Waals surface area (Å²) >= 11 is 0. The second kappa shape index (κ2) is 5.81. The average molecular weight is 250 g/mol. The third-order valence-corrected chi connectivity index (χ3v) is 2.18. The fraction of sp³-hybridized carbons (Fsp3) is 0.250. The fourth-order valence-electron chi connectivity index (χ4n) is 1.38. The number of hydrogen-bond donors (Lipinski definition) is 0. The van der Waals surface area contributed by atoms with Crippen LogP contribution in [0.1, 0.15) is 10.4 Å². The first kappa shape index (κ1) is 13.7. The first-order valence-corrected chi connectivity index (χ1v) is 5.17. The van der Waals surface area contributed by atoms with Crippen LogP contribution in [0.2, 0.25) is 0 Å². The summed E-state index contributed by atoms with van der Waals surface area (Å²) in [4.78, 5) is 23.8. The minimum absolute atomic E-state index is 0.0177. The van der Waals surface area contributed by atoms with Gasteiger partial charge in [-0.15, -0.1) is 0 Å². The maximum Gasteiger partial charge on any atom is 0.311 e. The van der Waals surface area contributed by atoms with Crippen molar-refractivity contribution in [1.29, 1.82) is 0 Å². The van der Waals surface area contributed by atoms with Crippen molar-refractivity contribution in [2.24, 2.45) is 0 Å². The van der Waals surface area contributed by atoms with Gasteiger partial charge < -0.3 is 9.64 Å². The second-order valence-electron chi connectivity index (χ2n) is 3.76. The molecule has 0 aliphatic heterocycles. The number of carbonyl (C=O) groups is 1. The molecule has 0 atom stereocenters. The lowest BCUT2D eigenvalue weighted by atomic mass is 10.1. The molecule has 0 N–H and O–H groups in total. The highest BCUT2D eigenvalue weighted by atomic mass is 16.6. The Morgan fingerprint density at radius 3 is 2.61 bits per heavy atom. The molecule has 0 heterocycles. The lowest BCUT2D eigenvalue weighted by Gasteiger charge is -2.07. The monoisotopic (exact) mass is 250 g/mol. The van der Waals surface area contributed by atoms with Crippen molar-refractivity contribution >= 4 is 11.5 Å². The lowest BCUT2D eigenvalue weighted by molar-refractivity contribution is -0.385. The molecule has 6 nitrogen and oxygen atoms in total. The zero-order valence-corrected chi connectivity index (χ0v) is 10.4. The SMILES string of the molecule is COc1c(C(=O)/C=C\N(C)C)cccc1[N+](=O)[O-]. The maximum absolute atomic E-state index is 11.9. The Balaban J connectivity index is 3.20. The number of ether oxygens (including phenoxy) is 1. The number of hydrogen-bond acceptors (Lipinski definition) is 5. The summed E-state index contributed by atoms with van der Waals surface area (Å²) in [6, 6.07) is 4.25. The molecule has 0 amide bonds. The van der Waals surface area contributed by atoms with E-state index in [-0.39, 0.29) is 22.8 Å². The van der Waals surface area contributed by atoms with E-state index in [1.807, 2.05) is 0 Å². The normalized spacial score (nSPS) is 10.4. The Labute approximate surface area is 105 Å². The summed E-state index contributed by atoms with van der Waals surface area (Å²) in [7, 11) is 4.84. The molecule has 1 aromatic carbocycles. The summed E-state index contributed by atoms with van der Waals surface area (Å²) in [6.45, 7) is 0. The Morgan fingerprint density at radius 1 is 1.44 bits per heavy atom. The van der Waals surface area contributed by atoms with Crippen molar-refractivity contribution in [3.8, 4) is 5.75 Å². The van der Waals surface area contributed by atoms with Crippen LogP contribution in [0.5, 0.6) is 5.75 Å². The first-order chi connectivity index (χ1) is 8.47. The highest BCUT2D eigenvalue weighted by Gasteiger charge is 2.21. The molecule has 18 heavy (non-hydrogen) atoms. The number of rotatable bonds is 5.